The number of nitrogens with one attached hydrogen (secondary N) is 2. The highest BCUT2D eigenvalue weighted by Gasteiger charge is 2.19. The minimum Gasteiger partial charge on any atom is -0.497 e. The lowest BCUT2D eigenvalue weighted by Crippen LogP contribution is -2.33. The SMILES string of the molecule is COc1ccc(C(CC(=O)NC(C)c2ccc3ccccc3c2)NC(C)=O)cc1. The average Bonchev–Trinajstić information content (AvgIpc) is 2.72. The van der Waals surface area contributed by atoms with Crippen LogP contribution in [-0.2, 0) is 9.59 Å². The number of rotatable bonds is 7. The Morgan fingerprint density at radius 2 is 1.55 bits per heavy atom. The van der Waals surface area contributed by atoms with Gasteiger partial charge in [-0.15, -0.1) is 0 Å². The lowest BCUT2D eigenvalue weighted by molar-refractivity contribution is -0.123. The molecule has 5 heteroatoms. The maximum Gasteiger partial charge on any atom is 0.222 e. The van der Waals surface area contributed by atoms with Gasteiger partial charge in [0, 0.05) is 6.92 Å². The smallest absolute Gasteiger partial charge is 0.222 e. The number of ether oxygens (including phenoxy) is 1. The van der Waals surface area contributed by atoms with Gasteiger partial charge < -0.3 is 15.4 Å². The second-order valence-electron chi connectivity index (χ2n) is 7.13. The molecule has 0 bridgehead atoms. The molecule has 2 atom stereocenters. The molecule has 2 unspecified atom stereocenters. The van der Waals surface area contributed by atoms with Crippen molar-refractivity contribution in [3.8, 4) is 5.75 Å². The van der Waals surface area contributed by atoms with Gasteiger partial charge in [-0.1, -0.05) is 48.5 Å². The zero-order valence-corrected chi connectivity index (χ0v) is 16.9. The van der Waals surface area contributed by atoms with Gasteiger partial charge in [0.2, 0.25) is 11.8 Å². The number of fused-ring (bicyclic) bond motifs is 1. The van der Waals surface area contributed by atoms with Crippen molar-refractivity contribution < 1.29 is 14.3 Å². The zero-order chi connectivity index (χ0) is 20.8. The highest BCUT2D eigenvalue weighted by Crippen LogP contribution is 2.23. The molecule has 0 radical (unpaired) electrons. The maximum atomic E-state index is 12.7. The van der Waals surface area contributed by atoms with Crippen molar-refractivity contribution in [1.82, 2.24) is 10.6 Å². The maximum absolute atomic E-state index is 12.7. The lowest BCUT2D eigenvalue weighted by Gasteiger charge is -2.21. The standard InChI is InChI=1S/C24H26N2O3/c1-16(20-9-8-18-6-4-5-7-21(18)14-20)25-24(28)15-23(26-17(2)27)19-10-12-22(29-3)13-11-19/h4-14,16,23H,15H2,1-3H3,(H,25,28)(H,26,27). The molecule has 2 N–H and O–H groups in total. The van der Waals surface area contributed by atoms with Gasteiger partial charge in [-0.25, -0.2) is 0 Å². The van der Waals surface area contributed by atoms with E-state index in [1.807, 2.05) is 49.4 Å². The molecule has 0 saturated carbocycles. The number of methoxy groups -OCH3 is 1. The minimum absolute atomic E-state index is 0.125. The van der Waals surface area contributed by atoms with E-state index in [4.69, 9.17) is 4.74 Å². The second kappa shape index (κ2) is 9.24. The quantitative estimate of drug-likeness (QED) is 0.632. The first kappa shape index (κ1) is 20.4. The summed E-state index contributed by atoms with van der Waals surface area (Å²) in [5.41, 5.74) is 1.90. The van der Waals surface area contributed by atoms with Crippen LogP contribution >= 0.6 is 0 Å². The minimum atomic E-state index is -0.401. The largest absolute Gasteiger partial charge is 0.497 e. The first-order valence-electron chi connectivity index (χ1n) is 9.65. The lowest BCUT2D eigenvalue weighted by atomic mass is 10.0. The van der Waals surface area contributed by atoms with E-state index in [9.17, 15) is 9.59 Å². The molecule has 0 aliphatic carbocycles. The highest BCUT2D eigenvalue weighted by atomic mass is 16.5. The van der Waals surface area contributed by atoms with Gasteiger partial charge in [0.15, 0.2) is 0 Å². The number of hydrogen-bond donors (Lipinski definition) is 2. The predicted octanol–water partition coefficient (Wildman–Crippen LogP) is 4.29. The van der Waals surface area contributed by atoms with Crippen LogP contribution in [0.5, 0.6) is 5.75 Å². The Kier molecular flexibility index (Phi) is 6.50. The molecule has 2 amide bonds. The number of carbonyl (C=O) groups excluding carboxylic acids is 2. The van der Waals surface area contributed by atoms with Gasteiger partial charge in [-0.3, -0.25) is 9.59 Å². The first-order chi connectivity index (χ1) is 14.0. The summed E-state index contributed by atoms with van der Waals surface area (Å²) in [6.07, 6.45) is 0.157. The van der Waals surface area contributed by atoms with Crippen molar-refractivity contribution in [2.24, 2.45) is 0 Å². The van der Waals surface area contributed by atoms with Crippen LogP contribution in [0.4, 0.5) is 0 Å². The van der Waals surface area contributed by atoms with Crippen LogP contribution in [0, 0.1) is 0 Å². The molecule has 150 valence electrons. The van der Waals surface area contributed by atoms with Crippen LogP contribution in [0.2, 0.25) is 0 Å². The summed E-state index contributed by atoms with van der Waals surface area (Å²) < 4.78 is 5.18. The Bertz CT molecular complexity index is 998. The van der Waals surface area contributed by atoms with E-state index in [0.717, 1.165) is 22.3 Å². The molecule has 0 aliphatic heterocycles. The summed E-state index contributed by atoms with van der Waals surface area (Å²) in [6.45, 7) is 3.41. The van der Waals surface area contributed by atoms with Gasteiger partial charge in [0.1, 0.15) is 5.75 Å². The van der Waals surface area contributed by atoms with E-state index in [1.165, 1.54) is 12.3 Å². The van der Waals surface area contributed by atoms with E-state index in [1.54, 1.807) is 7.11 Å². The fourth-order valence-electron chi connectivity index (χ4n) is 3.38. The molecular formula is C24H26N2O3. The summed E-state index contributed by atoms with van der Waals surface area (Å²) in [6, 6.07) is 21.1. The van der Waals surface area contributed by atoms with Gasteiger partial charge in [-0.2, -0.15) is 0 Å². The molecule has 0 saturated heterocycles. The van der Waals surface area contributed by atoms with Crippen molar-refractivity contribution in [2.45, 2.75) is 32.4 Å². The van der Waals surface area contributed by atoms with E-state index < -0.39 is 6.04 Å². The third-order valence-corrected chi connectivity index (χ3v) is 4.94. The topological polar surface area (TPSA) is 67.4 Å². The highest BCUT2D eigenvalue weighted by molar-refractivity contribution is 5.83. The van der Waals surface area contributed by atoms with Gasteiger partial charge in [0.25, 0.3) is 0 Å². The van der Waals surface area contributed by atoms with Crippen molar-refractivity contribution in [2.75, 3.05) is 7.11 Å². The van der Waals surface area contributed by atoms with E-state index in [2.05, 4.69) is 34.9 Å². The van der Waals surface area contributed by atoms with E-state index in [0.29, 0.717) is 0 Å². The third-order valence-electron chi connectivity index (χ3n) is 4.94. The Morgan fingerprint density at radius 1 is 0.897 bits per heavy atom. The monoisotopic (exact) mass is 390 g/mol. The fourth-order valence-corrected chi connectivity index (χ4v) is 3.38. The zero-order valence-electron chi connectivity index (χ0n) is 16.9. The van der Waals surface area contributed by atoms with Crippen LogP contribution in [0.3, 0.4) is 0 Å². The average molecular weight is 390 g/mol. The van der Waals surface area contributed by atoms with Crippen LogP contribution in [0.1, 0.15) is 43.5 Å². The molecule has 0 fully saturated rings. The molecule has 0 aromatic heterocycles. The summed E-state index contributed by atoms with van der Waals surface area (Å²) in [5, 5.41) is 8.21. The van der Waals surface area contributed by atoms with Crippen molar-refractivity contribution in [1.29, 1.82) is 0 Å². The second-order valence-corrected chi connectivity index (χ2v) is 7.13. The van der Waals surface area contributed by atoms with Gasteiger partial charge >= 0.3 is 0 Å². The van der Waals surface area contributed by atoms with Crippen LogP contribution < -0.4 is 15.4 Å². The van der Waals surface area contributed by atoms with Crippen LogP contribution in [-0.4, -0.2) is 18.9 Å². The molecule has 3 rings (SSSR count). The molecule has 0 heterocycles. The Morgan fingerprint density at radius 3 is 2.21 bits per heavy atom. The van der Waals surface area contributed by atoms with E-state index >= 15 is 0 Å². The summed E-state index contributed by atoms with van der Waals surface area (Å²) in [5.74, 6) is 0.422. The number of hydrogen-bond acceptors (Lipinski definition) is 3. The number of carbonyl (C=O) groups is 2. The normalized spacial score (nSPS) is 12.8. The first-order valence-corrected chi connectivity index (χ1v) is 9.65. The Hall–Kier alpha value is -3.34. The van der Waals surface area contributed by atoms with Crippen LogP contribution in [0.15, 0.2) is 66.7 Å². The molecular weight excluding hydrogens is 364 g/mol. The Balaban J connectivity index is 1.70. The molecule has 5 nitrogen and oxygen atoms in total. The Labute approximate surface area is 171 Å². The summed E-state index contributed by atoms with van der Waals surface area (Å²) >= 11 is 0. The van der Waals surface area contributed by atoms with Gasteiger partial charge in [-0.05, 0) is 47.0 Å². The molecule has 3 aromatic rings. The van der Waals surface area contributed by atoms with Crippen molar-refractivity contribution in [3.05, 3.63) is 77.9 Å². The molecule has 0 aliphatic rings. The van der Waals surface area contributed by atoms with Crippen LogP contribution in [0.25, 0.3) is 10.8 Å². The number of amides is 2. The number of benzene rings is 3. The molecule has 3 aromatic carbocycles. The third kappa shape index (κ3) is 5.35. The fraction of sp³-hybridized carbons (Fsp3) is 0.250. The summed E-state index contributed by atoms with van der Waals surface area (Å²) in [4.78, 5) is 24.3. The van der Waals surface area contributed by atoms with E-state index in [-0.39, 0.29) is 24.3 Å². The van der Waals surface area contributed by atoms with Gasteiger partial charge in [0.05, 0.1) is 25.6 Å². The van der Waals surface area contributed by atoms with Crippen molar-refractivity contribution >= 4 is 22.6 Å². The molecule has 29 heavy (non-hydrogen) atoms. The molecule has 0 spiro atoms. The predicted molar refractivity (Wildman–Crippen MR) is 115 cm³/mol. The summed E-state index contributed by atoms with van der Waals surface area (Å²) in [7, 11) is 1.60. The van der Waals surface area contributed by atoms with Crippen molar-refractivity contribution in [3.63, 3.8) is 0 Å².